The molecule has 0 heterocycles. The van der Waals surface area contributed by atoms with Gasteiger partial charge in [-0.05, 0) is 11.0 Å². The minimum absolute atomic E-state index is 0. The molecule has 0 rings (SSSR count). The van der Waals surface area contributed by atoms with Crippen molar-refractivity contribution in [3.05, 3.63) is 0 Å². The van der Waals surface area contributed by atoms with Crippen molar-refractivity contribution in [3.63, 3.8) is 0 Å². The molecule has 0 aromatic rings. The summed E-state index contributed by atoms with van der Waals surface area (Å²) in [7, 11) is 1.08. The van der Waals surface area contributed by atoms with Gasteiger partial charge >= 0.3 is 48.2 Å². The molecule has 0 saturated carbocycles. The minimum atomic E-state index is -2.17. The van der Waals surface area contributed by atoms with E-state index in [1.165, 1.54) is 0 Å². The van der Waals surface area contributed by atoms with Crippen molar-refractivity contribution in [2.45, 2.75) is 0 Å². The molecule has 3 N–H and O–H groups in total. The molecule has 0 unspecified atom stereocenters. The summed E-state index contributed by atoms with van der Waals surface area (Å²) < 4.78 is 16.1. The summed E-state index contributed by atoms with van der Waals surface area (Å²) in [6.45, 7) is 0. The molecule has 0 fully saturated rings. The van der Waals surface area contributed by atoms with Crippen LogP contribution in [-0.4, -0.2) is 66.9 Å². The molecule has 0 amide bonds. The van der Waals surface area contributed by atoms with E-state index < -0.39 is 7.32 Å². The third-order valence-electron chi connectivity index (χ3n) is 0. The maximum atomic E-state index is 8.39. The topological polar surface area (TPSA) is 94.8 Å². The third-order valence-corrected chi connectivity index (χ3v) is 0. The summed E-state index contributed by atoms with van der Waals surface area (Å²) in [6.07, 6.45) is 0. The Hall–Kier alpha value is 0.749. The molecule has 51 valence electrons. The predicted molar refractivity (Wildman–Crippen MR) is 36.6 cm³/mol. The molecule has 3 radical (unpaired) electrons. The monoisotopic (exact) mass is 345 g/mol. The Bertz CT molecular complexity index is 31.4. The Morgan fingerprint density at radius 1 is 1.11 bits per heavy atom. The van der Waals surface area contributed by atoms with E-state index in [4.69, 9.17) is 22.5 Å². The van der Waals surface area contributed by atoms with Crippen LogP contribution >= 0.6 is 0 Å². The Morgan fingerprint density at radius 3 is 1.11 bits per heavy atom. The smallest absolute Gasteiger partial charge is 0.0149 e. The first kappa shape index (κ1) is 22.6. The minimum Gasteiger partial charge on any atom is -0.0149 e. The van der Waals surface area contributed by atoms with E-state index in [0.717, 1.165) is 0 Å². The van der Waals surface area contributed by atoms with Crippen LogP contribution in [0.4, 0.5) is 0 Å². The fraction of sp³-hybridized carbons (Fsp3) is 0. The summed E-state index contributed by atoms with van der Waals surface area (Å²) >= 11 is 0.0556. The van der Waals surface area contributed by atoms with Crippen molar-refractivity contribution in [2.24, 2.45) is 0 Å². The van der Waals surface area contributed by atoms with Gasteiger partial charge in [0.05, 0.1) is 0 Å². The average Bonchev–Trinajstić information content (AvgIpc) is 1.75. The van der Waals surface area contributed by atoms with E-state index in [0.29, 0.717) is 0 Å². The Labute approximate surface area is 74.2 Å². The van der Waals surface area contributed by atoms with Crippen molar-refractivity contribution < 1.29 is 22.5 Å². The quantitative estimate of drug-likeness (QED) is 0.385. The first-order valence-electron chi connectivity index (χ1n) is 1.21. The zero-order chi connectivity index (χ0) is 7.58. The van der Waals surface area contributed by atoms with Crippen LogP contribution in [0.2, 0.25) is 0 Å². The Balaban J connectivity index is -0.0000000221. The number of hydrogen-bond acceptors (Lipinski definition) is 5. The zero-order valence-corrected chi connectivity index (χ0v) is 7.70. The van der Waals surface area contributed by atoms with E-state index in [-0.39, 0.29) is 36.7 Å². The van der Waals surface area contributed by atoms with Crippen LogP contribution in [0.25, 0.3) is 0 Å². The van der Waals surface area contributed by atoms with Gasteiger partial charge in [0.15, 0.2) is 0 Å². The molecule has 0 aliphatic heterocycles. The van der Waals surface area contributed by atoms with E-state index in [2.05, 4.69) is 7.72 Å². The van der Waals surface area contributed by atoms with Crippen molar-refractivity contribution >= 4 is 51.8 Å². The van der Waals surface area contributed by atoms with E-state index in [9.17, 15) is 0 Å². The molecule has 0 aliphatic carbocycles. The van der Waals surface area contributed by atoms with Gasteiger partial charge in [0.1, 0.15) is 0 Å². The maximum Gasteiger partial charge on any atom is -0.0149 e. The molecule has 0 aromatic heterocycles. The molecular weight excluding hydrogens is 337 g/mol. The Kier molecular flexibility index (Phi) is 93.8. The first-order chi connectivity index (χ1) is 3.73. The largest absolute Gasteiger partial charge is 0.0149 e. The van der Waals surface area contributed by atoms with Gasteiger partial charge in [-0.15, -0.1) is 0 Å². The predicted octanol–water partition coefficient (Wildman–Crippen LogP) is -4.50. The molecule has 5 nitrogen and oxygen atoms in total. The second-order valence-electron chi connectivity index (χ2n) is 0.346. The number of rotatable bonds is 0. The van der Waals surface area contributed by atoms with Crippen molar-refractivity contribution in [1.82, 2.24) is 0 Å². The average molecular weight is 344 g/mol. The van der Waals surface area contributed by atoms with Gasteiger partial charge < -0.3 is 15.1 Å². The molecule has 0 atom stereocenters. The second-order valence-corrected chi connectivity index (χ2v) is 0.346. The summed E-state index contributed by atoms with van der Waals surface area (Å²) in [5.41, 5.74) is 0. The normalized spacial score (nSPS) is 3.78. The van der Waals surface area contributed by atoms with Gasteiger partial charge in [-0.3, -0.25) is 0 Å². The van der Waals surface area contributed by atoms with Crippen LogP contribution in [0.3, 0.4) is 0 Å². The number of hydrogen-bond donors (Lipinski definition) is 3. The van der Waals surface area contributed by atoms with Gasteiger partial charge in [0.25, 0.3) is 0 Å². The summed E-state index contributed by atoms with van der Waals surface area (Å²) in [6, 6.07) is 0. The van der Waals surface area contributed by atoms with Gasteiger partial charge in [-0.25, -0.2) is 0 Å². The van der Waals surface area contributed by atoms with Crippen molar-refractivity contribution in [2.75, 3.05) is 0 Å². The summed E-state index contributed by atoms with van der Waals surface area (Å²) in [4.78, 5) is 0. The van der Waals surface area contributed by atoms with Crippen LogP contribution in [0.15, 0.2) is 0 Å². The van der Waals surface area contributed by atoms with Gasteiger partial charge in [-0.2, -0.15) is 0 Å². The first-order valence-corrected chi connectivity index (χ1v) is 2.80. The van der Waals surface area contributed by atoms with E-state index >= 15 is 0 Å². The molecular formula is H7B2O5PbSi. The molecule has 0 saturated heterocycles. The molecule has 0 bridgehead atoms. The fourth-order valence-electron chi connectivity index (χ4n) is 0. The fourth-order valence-corrected chi connectivity index (χ4v) is 0. The van der Waals surface area contributed by atoms with Gasteiger partial charge in [0.2, 0.25) is 0 Å². The van der Waals surface area contributed by atoms with Gasteiger partial charge in [0, 0.05) is 0 Å². The third kappa shape index (κ3) is 711. The van der Waals surface area contributed by atoms with Crippen molar-refractivity contribution in [3.8, 4) is 0 Å². The summed E-state index contributed by atoms with van der Waals surface area (Å²) in [5.74, 6) is 0. The van der Waals surface area contributed by atoms with Crippen LogP contribution in [0, 0.1) is 0 Å². The molecule has 0 aliphatic rings. The van der Waals surface area contributed by atoms with E-state index in [1.807, 2.05) is 0 Å². The maximum absolute atomic E-state index is 8.39. The molecule has 0 spiro atoms. The second kappa shape index (κ2) is 37.4. The molecule has 0 aromatic carbocycles. The van der Waals surface area contributed by atoms with Crippen LogP contribution in [0.1, 0.15) is 0 Å². The van der Waals surface area contributed by atoms with Gasteiger partial charge in [-0.1, -0.05) is 0 Å². The molecule has 9 heteroatoms. The van der Waals surface area contributed by atoms with Crippen molar-refractivity contribution in [1.29, 1.82) is 0 Å². The Morgan fingerprint density at radius 2 is 1.11 bits per heavy atom. The zero-order valence-electron chi connectivity index (χ0n) is 3.81. The molecule has 9 heavy (non-hydrogen) atoms. The van der Waals surface area contributed by atoms with E-state index in [1.54, 1.807) is 0 Å². The van der Waals surface area contributed by atoms with Crippen LogP contribution < -0.4 is 0 Å². The summed E-state index contributed by atoms with van der Waals surface area (Å²) in [5, 5.41) is 21.5. The SMILES string of the molecule is OB(O)O.[B]=O.[O]=[Pb].[SiH4]. The van der Waals surface area contributed by atoms with Crippen LogP contribution in [-0.2, 0) is 7.39 Å². The standard InChI is InChI=1S/BH3O3.BO.O.Pb.H4Si/c2-1(3)4;1-2;;;/h2-4H;;;;1H4. The van der Waals surface area contributed by atoms with Crippen LogP contribution in [0.5, 0.6) is 0 Å².